The van der Waals surface area contributed by atoms with E-state index >= 15 is 0 Å². The second-order valence-electron chi connectivity index (χ2n) is 4.74. The number of carbonyl (C=O) groups excluding carboxylic acids is 1. The summed E-state index contributed by atoms with van der Waals surface area (Å²) in [6, 6.07) is 7.42. The molecular formula is C16H13Br2NO6. The molecule has 0 aliphatic carbocycles. The van der Waals surface area contributed by atoms with Gasteiger partial charge in [0, 0.05) is 6.42 Å². The summed E-state index contributed by atoms with van der Waals surface area (Å²) in [5.41, 5.74) is -0.208. The first-order valence-electron chi connectivity index (χ1n) is 7.05. The lowest BCUT2D eigenvalue weighted by atomic mass is 10.2. The summed E-state index contributed by atoms with van der Waals surface area (Å²) < 4.78 is 16.9. The van der Waals surface area contributed by atoms with Gasteiger partial charge in [0.25, 0.3) is 0 Å². The number of ether oxygens (including phenoxy) is 3. The Labute approximate surface area is 160 Å². The third-order valence-corrected chi connectivity index (χ3v) is 4.24. The number of nitro benzene ring substituents is 1. The highest BCUT2D eigenvalue weighted by atomic mass is 79.9. The van der Waals surface area contributed by atoms with E-state index in [9.17, 15) is 14.9 Å². The molecule has 0 amide bonds. The summed E-state index contributed by atoms with van der Waals surface area (Å²) in [6.45, 7) is 1.69. The van der Waals surface area contributed by atoms with E-state index in [-0.39, 0.29) is 29.6 Å². The van der Waals surface area contributed by atoms with Crippen molar-refractivity contribution in [1.82, 2.24) is 0 Å². The minimum atomic E-state index is -0.552. The summed E-state index contributed by atoms with van der Waals surface area (Å²) >= 11 is 6.68. The van der Waals surface area contributed by atoms with Gasteiger partial charge in [-0.15, -0.1) is 0 Å². The Balaban J connectivity index is 2.33. The van der Waals surface area contributed by atoms with Crippen molar-refractivity contribution >= 4 is 43.5 Å². The maximum atomic E-state index is 11.4. The molecule has 0 atom stereocenters. The monoisotopic (exact) mass is 473 g/mol. The SMILES string of the molecule is CCC(=O)Oc1cc(Br)c(Oc2ccc(OC)c([N+](=O)[O-])c2)c(Br)c1. The van der Waals surface area contributed by atoms with E-state index in [0.717, 1.165) is 0 Å². The van der Waals surface area contributed by atoms with Crippen LogP contribution in [0.15, 0.2) is 39.3 Å². The molecule has 0 N–H and O–H groups in total. The highest BCUT2D eigenvalue weighted by Crippen LogP contribution is 2.41. The number of methoxy groups -OCH3 is 1. The zero-order valence-corrected chi connectivity index (χ0v) is 16.4. The van der Waals surface area contributed by atoms with Gasteiger partial charge in [-0.25, -0.2) is 0 Å². The van der Waals surface area contributed by atoms with Crippen LogP contribution in [0, 0.1) is 10.1 Å². The number of benzene rings is 2. The van der Waals surface area contributed by atoms with Crippen molar-refractivity contribution in [3.8, 4) is 23.0 Å². The fourth-order valence-electron chi connectivity index (χ4n) is 1.89. The van der Waals surface area contributed by atoms with Crippen molar-refractivity contribution in [2.24, 2.45) is 0 Å². The van der Waals surface area contributed by atoms with E-state index in [2.05, 4.69) is 31.9 Å². The molecule has 0 aromatic heterocycles. The zero-order chi connectivity index (χ0) is 18.6. The van der Waals surface area contributed by atoms with Crippen LogP contribution in [0.2, 0.25) is 0 Å². The van der Waals surface area contributed by atoms with Crippen LogP contribution in [0.1, 0.15) is 13.3 Å². The number of carbonyl (C=O) groups is 1. The van der Waals surface area contributed by atoms with Gasteiger partial charge in [-0.1, -0.05) is 6.92 Å². The smallest absolute Gasteiger partial charge is 0.314 e. The van der Waals surface area contributed by atoms with Gasteiger partial charge >= 0.3 is 11.7 Å². The predicted octanol–water partition coefficient (Wildman–Crippen LogP) is 5.24. The van der Waals surface area contributed by atoms with Crippen LogP contribution in [-0.2, 0) is 4.79 Å². The minimum Gasteiger partial charge on any atom is -0.490 e. The standard InChI is InChI=1S/C16H13Br2NO6/c1-3-15(20)24-10-6-11(17)16(12(18)7-10)25-9-4-5-14(23-2)13(8-9)19(21)22/h4-8H,3H2,1-2H3. The topological polar surface area (TPSA) is 87.9 Å². The summed E-state index contributed by atoms with van der Waals surface area (Å²) in [5.74, 6) is 0.761. The van der Waals surface area contributed by atoms with Crippen LogP contribution < -0.4 is 14.2 Å². The van der Waals surface area contributed by atoms with E-state index < -0.39 is 4.92 Å². The Bertz CT molecular complexity index is 801. The quantitative estimate of drug-likeness (QED) is 0.246. The van der Waals surface area contributed by atoms with E-state index in [1.807, 2.05) is 0 Å². The molecule has 0 unspecified atom stereocenters. The van der Waals surface area contributed by atoms with Crippen LogP contribution in [0.5, 0.6) is 23.0 Å². The molecule has 132 valence electrons. The highest BCUT2D eigenvalue weighted by molar-refractivity contribution is 9.11. The molecular weight excluding hydrogens is 462 g/mol. The first kappa shape index (κ1) is 19.2. The molecule has 0 aliphatic heterocycles. The fraction of sp³-hybridized carbons (Fsp3) is 0.188. The zero-order valence-electron chi connectivity index (χ0n) is 13.2. The van der Waals surface area contributed by atoms with Gasteiger partial charge < -0.3 is 14.2 Å². The summed E-state index contributed by atoms with van der Waals surface area (Å²) in [7, 11) is 1.35. The van der Waals surface area contributed by atoms with Gasteiger partial charge in [0.15, 0.2) is 11.5 Å². The Morgan fingerprint density at radius 1 is 1.16 bits per heavy atom. The van der Waals surface area contributed by atoms with Crippen molar-refractivity contribution in [3.63, 3.8) is 0 Å². The number of halogens is 2. The third-order valence-electron chi connectivity index (χ3n) is 3.06. The first-order valence-corrected chi connectivity index (χ1v) is 8.64. The van der Waals surface area contributed by atoms with Crippen molar-refractivity contribution in [3.05, 3.63) is 49.4 Å². The summed E-state index contributed by atoms with van der Waals surface area (Å²) in [6.07, 6.45) is 0.253. The molecule has 2 rings (SSSR count). The van der Waals surface area contributed by atoms with Crippen molar-refractivity contribution in [2.75, 3.05) is 7.11 Å². The molecule has 2 aromatic carbocycles. The van der Waals surface area contributed by atoms with E-state index in [1.165, 1.54) is 19.2 Å². The van der Waals surface area contributed by atoms with Crippen molar-refractivity contribution in [2.45, 2.75) is 13.3 Å². The average molecular weight is 475 g/mol. The summed E-state index contributed by atoms with van der Waals surface area (Å²) in [4.78, 5) is 21.9. The summed E-state index contributed by atoms with van der Waals surface area (Å²) in [5, 5.41) is 11.1. The third kappa shape index (κ3) is 4.70. The predicted molar refractivity (Wildman–Crippen MR) is 97.5 cm³/mol. The van der Waals surface area contributed by atoms with E-state index in [4.69, 9.17) is 14.2 Å². The Hall–Kier alpha value is -2.13. The molecule has 25 heavy (non-hydrogen) atoms. The molecule has 0 aliphatic rings. The number of hydrogen-bond donors (Lipinski definition) is 0. The van der Waals surface area contributed by atoms with Gasteiger partial charge in [0.1, 0.15) is 11.5 Å². The maximum absolute atomic E-state index is 11.4. The number of rotatable bonds is 6. The van der Waals surface area contributed by atoms with Crippen LogP contribution in [0.4, 0.5) is 5.69 Å². The minimum absolute atomic E-state index is 0.136. The van der Waals surface area contributed by atoms with Crippen LogP contribution in [0.3, 0.4) is 0 Å². The van der Waals surface area contributed by atoms with Gasteiger partial charge in [0.2, 0.25) is 0 Å². The van der Waals surface area contributed by atoms with Gasteiger partial charge in [-0.2, -0.15) is 0 Å². The first-order chi connectivity index (χ1) is 11.8. The van der Waals surface area contributed by atoms with E-state index in [0.29, 0.717) is 20.4 Å². The van der Waals surface area contributed by atoms with Gasteiger partial charge in [-0.05, 0) is 56.1 Å². The van der Waals surface area contributed by atoms with Crippen molar-refractivity contribution < 1.29 is 23.9 Å². The molecule has 0 saturated carbocycles. The highest BCUT2D eigenvalue weighted by Gasteiger charge is 2.18. The maximum Gasteiger partial charge on any atom is 0.314 e. The molecule has 9 heteroatoms. The molecule has 7 nitrogen and oxygen atoms in total. The van der Waals surface area contributed by atoms with E-state index in [1.54, 1.807) is 25.1 Å². The lowest BCUT2D eigenvalue weighted by Gasteiger charge is -2.12. The Morgan fingerprint density at radius 3 is 2.32 bits per heavy atom. The molecule has 0 radical (unpaired) electrons. The molecule has 2 aromatic rings. The Morgan fingerprint density at radius 2 is 1.80 bits per heavy atom. The molecule has 0 heterocycles. The van der Waals surface area contributed by atoms with Gasteiger partial charge in [0.05, 0.1) is 27.0 Å². The van der Waals surface area contributed by atoms with Crippen LogP contribution in [-0.4, -0.2) is 18.0 Å². The lowest BCUT2D eigenvalue weighted by Crippen LogP contribution is -2.05. The van der Waals surface area contributed by atoms with Gasteiger partial charge in [-0.3, -0.25) is 14.9 Å². The number of esters is 1. The van der Waals surface area contributed by atoms with Crippen LogP contribution >= 0.6 is 31.9 Å². The Kier molecular flexibility index (Phi) is 6.38. The second-order valence-corrected chi connectivity index (χ2v) is 6.45. The molecule has 0 saturated heterocycles. The lowest BCUT2D eigenvalue weighted by molar-refractivity contribution is -0.385. The molecule has 0 bridgehead atoms. The number of nitro groups is 1. The fourth-order valence-corrected chi connectivity index (χ4v) is 3.20. The number of hydrogen-bond acceptors (Lipinski definition) is 6. The second kappa shape index (κ2) is 8.30. The molecule has 0 spiro atoms. The normalized spacial score (nSPS) is 10.2. The average Bonchev–Trinajstić information content (AvgIpc) is 2.57. The largest absolute Gasteiger partial charge is 0.490 e. The number of nitrogens with zero attached hydrogens (tertiary/aromatic N) is 1. The van der Waals surface area contributed by atoms with Crippen molar-refractivity contribution in [1.29, 1.82) is 0 Å². The van der Waals surface area contributed by atoms with Crippen LogP contribution in [0.25, 0.3) is 0 Å². The molecule has 0 fully saturated rings.